The Morgan fingerprint density at radius 2 is 2.12 bits per heavy atom. The number of amides is 2. The van der Waals surface area contributed by atoms with Gasteiger partial charge in [-0.1, -0.05) is 31.9 Å². The molecular formula is C18H27N3O3. The van der Waals surface area contributed by atoms with Crippen LogP contribution < -0.4 is 15.4 Å². The molecule has 0 saturated carbocycles. The van der Waals surface area contributed by atoms with Crippen molar-refractivity contribution in [3.63, 3.8) is 0 Å². The number of unbranched alkanes of at least 4 members (excludes halogenated alkanes) is 1. The van der Waals surface area contributed by atoms with E-state index in [4.69, 9.17) is 10.5 Å². The maximum Gasteiger partial charge on any atom is 0.246 e. The first-order chi connectivity index (χ1) is 11.6. The quantitative estimate of drug-likeness (QED) is 0.825. The predicted octanol–water partition coefficient (Wildman–Crippen LogP) is 1.78. The lowest BCUT2D eigenvalue weighted by molar-refractivity contribution is -0.139. The number of para-hydroxylation sites is 2. The van der Waals surface area contributed by atoms with Crippen molar-refractivity contribution in [3.05, 3.63) is 24.3 Å². The Balaban J connectivity index is 2.24. The lowest BCUT2D eigenvalue weighted by Gasteiger charge is -2.41. The average molecular weight is 333 g/mol. The van der Waals surface area contributed by atoms with Gasteiger partial charge in [0.15, 0.2) is 0 Å². The number of carbonyl (C=O) groups excluding carboxylic acids is 2. The number of nitrogens with zero attached hydrogens (tertiary/aromatic N) is 2. The Bertz CT molecular complexity index is 576. The zero-order valence-electron chi connectivity index (χ0n) is 14.5. The molecule has 1 saturated heterocycles. The summed E-state index contributed by atoms with van der Waals surface area (Å²) < 4.78 is 5.39. The number of anilines is 1. The van der Waals surface area contributed by atoms with Crippen LogP contribution in [0.4, 0.5) is 5.69 Å². The van der Waals surface area contributed by atoms with Crippen LogP contribution in [0.25, 0.3) is 0 Å². The molecule has 1 aliphatic rings. The van der Waals surface area contributed by atoms with Crippen molar-refractivity contribution in [1.82, 2.24) is 4.90 Å². The van der Waals surface area contributed by atoms with Crippen molar-refractivity contribution in [3.8, 4) is 5.75 Å². The van der Waals surface area contributed by atoms with Gasteiger partial charge in [-0.05, 0) is 18.6 Å². The summed E-state index contributed by atoms with van der Waals surface area (Å²) in [6, 6.07) is 7.51. The van der Waals surface area contributed by atoms with Crippen molar-refractivity contribution in [1.29, 1.82) is 0 Å². The molecule has 1 fully saturated rings. The predicted molar refractivity (Wildman–Crippen MR) is 94.0 cm³/mol. The highest BCUT2D eigenvalue weighted by atomic mass is 16.5. The third-order valence-corrected chi connectivity index (χ3v) is 4.39. The molecule has 0 aromatic heterocycles. The average Bonchev–Trinajstić information content (AvgIpc) is 2.60. The Morgan fingerprint density at radius 1 is 1.38 bits per heavy atom. The van der Waals surface area contributed by atoms with Gasteiger partial charge < -0.3 is 20.3 Å². The molecule has 0 bridgehead atoms. The van der Waals surface area contributed by atoms with E-state index in [0.717, 1.165) is 24.9 Å². The molecule has 1 aliphatic heterocycles. The number of ether oxygens (including phenoxy) is 1. The van der Waals surface area contributed by atoms with Gasteiger partial charge in [0.1, 0.15) is 12.3 Å². The molecule has 132 valence electrons. The van der Waals surface area contributed by atoms with E-state index in [1.165, 1.54) is 0 Å². The second-order valence-electron chi connectivity index (χ2n) is 6.03. The van der Waals surface area contributed by atoms with Crippen LogP contribution in [0.1, 0.15) is 32.6 Å². The van der Waals surface area contributed by atoms with Crippen molar-refractivity contribution < 1.29 is 14.3 Å². The van der Waals surface area contributed by atoms with E-state index >= 15 is 0 Å². The van der Waals surface area contributed by atoms with Gasteiger partial charge in [-0.3, -0.25) is 9.59 Å². The third-order valence-electron chi connectivity index (χ3n) is 4.39. The normalized spacial score (nSPS) is 18.0. The standard InChI is InChI=1S/C18H27N3O3/c1-3-4-7-14-12-21(15-8-5-6-9-16(15)24-2)18(23)13-20(14)17(22)10-11-19/h5-6,8-9,14H,3-4,7,10-13,19H2,1-2H3/t14-/m0/s1. The molecule has 6 heteroatoms. The first-order valence-electron chi connectivity index (χ1n) is 8.55. The number of hydrogen-bond acceptors (Lipinski definition) is 4. The molecule has 0 spiro atoms. The lowest BCUT2D eigenvalue weighted by Crippen LogP contribution is -2.58. The Morgan fingerprint density at radius 3 is 2.79 bits per heavy atom. The highest BCUT2D eigenvalue weighted by Crippen LogP contribution is 2.31. The Hall–Kier alpha value is -2.08. The lowest BCUT2D eigenvalue weighted by atomic mass is 10.0. The summed E-state index contributed by atoms with van der Waals surface area (Å²) in [7, 11) is 1.60. The largest absolute Gasteiger partial charge is 0.495 e. The van der Waals surface area contributed by atoms with Crippen LogP contribution in [0.2, 0.25) is 0 Å². The van der Waals surface area contributed by atoms with Gasteiger partial charge in [0.05, 0.1) is 18.8 Å². The van der Waals surface area contributed by atoms with Gasteiger partial charge in [-0.15, -0.1) is 0 Å². The van der Waals surface area contributed by atoms with E-state index in [9.17, 15) is 9.59 Å². The monoisotopic (exact) mass is 333 g/mol. The van der Waals surface area contributed by atoms with Crippen LogP contribution in [-0.2, 0) is 9.59 Å². The highest BCUT2D eigenvalue weighted by Gasteiger charge is 2.35. The zero-order valence-corrected chi connectivity index (χ0v) is 14.5. The van der Waals surface area contributed by atoms with Crippen LogP contribution >= 0.6 is 0 Å². The molecule has 2 amide bonds. The molecule has 6 nitrogen and oxygen atoms in total. The van der Waals surface area contributed by atoms with Gasteiger partial charge in [0.25, 0.3) is 0 Å². The number of piperazine rings is 1. The number of carbonyl (C=O) groups is 2. The molecule has 1 heterocycles. The summed E-state index contributed by atoms with van der Waals surface area (Å²) in [5, 5.41) is 0. The summed E-state index contributed by atoms with van der Waals surface area (Å²) >= 11 is 0. The molecule has 2 rings (SSSR count). The summed E-state index contributed by atoms with van der Waals surface area (Å²) in [5.41, 5.74) is 6.27. The number of hydrogen-bond donors (Lipinski definition) is 1. The van der Waals surface area contributed by atoms with Crippen LogP contribution in [0.3, 0.4) is 0 Å². The van der Waals surface area contributed by atoms with Gasteiger partial charge in [-0.25, -0.2) is 0 Å². The molecule has 0 unspecified atom stereocenters. The molecule has 0 aliphatic carbocycles. The minimum atomic E-state index is -0.0855. The highest BCUT2D eigenvalue weighted by molar-refractivity contribution is 5.99. The second-order valence-corrected chi connectivity index (χ2v) is 6.03. The van der Waals surface area contributed by atoms with Crippen molar-refractivity contribution in [2.75, 3.05) is 31.6 Å². The minimum Gasteiger partial charge on any atom is -0.495 e. The van der Waals surface area contributed by atoms with E-state index < -0.39 is 0 Å². The Kier molecular flexibility index (Phi) is 6.61. The summed E-state index contributed by atoms with van der Waals surface area (Å²) in [5.74, 6) is 0.547. The van der Waals surface area contributed by atoms with Crippen LogP contribution in [0.15, 0.2) is 24.3 Å². The van der Waals surface area contributed by atoms with Gasteiger partial charge in [0.2, 0.25) is 11.8 Å². The maximum absolute atomic E-state index is 12.6. The molecule has 0 radical (unpaired) electrons. The SMILES string of the molecule is CCCC[C@H]1CN(c2ccccc2OC)C(=O)CN1C(=O)CCN. The third kappa shape index (κ3) is 4.06. The summed E-state index contributed by atoms with van der Waals surface area (Å²) in [6.07, 6.45) is 3.24. The fourth-order valence-electron chi connectivity index (χ4n) is 3.10. The van der Waals surface area contributed by atoms with Crippen LogP contribution in [-0.4, -0.2) is 49.5 Å². The topological polar surface area (TPSA) is 75.9 Å². The molecule has 2 N–H and O–H groups in total. The van der Waals surface area contributed by atoms with Crippen LogP contribution in [0.5, 0.6) is 5.75 Å². The van der Waals surface area contributed by atoms with Gasteiger partial charge in [0, 0.05) is 19.5 Å². The molecule has 1 atom stereocenters. The number of methoxy groups -OCH3 is 1. The van der Waals surface area contributed by atoms with Crippen molar-refractivity contribution in [2.24, 2.45) is 5.73 Å². The van der Waals surface area contributed by atoms with Crippen molar-refractivity contribution in [2.45, 2.75) is 38.6 Å². The van der Waals surface area contributed by atoms with Crippen LogP contribution in [0, 0.1) is 0 Å². The maximum atomic E-state index is 12.6. The fourth-order valence-corrected chi connectivity index (χ4v) is 3.10. The van der Waals surface area contributed by atoms with Crippen molar-refractivity contribution >= 4 is 17.5 Å². The number of rotatable bonds is 7. The van der Waals surface area contributed by atoms with E-state index in [2.05, 4.69) is 6.92 Å². The zero-order chi connectivity index (χ0) is 17.5. The van der Waals surface area contributed by atoms with E-state index in [0.29, 0.717) is 18.8 Å². The first kappa shape index (κ1) is 18.3. The Labute approximate surface area is 143 Å². The molecule has 24 heavy (non-hydrogen) atoms. The fraction of sp³-hybridized carbons (Fsp3) is 0.556. The molecule has 1 aromatic carbocycles. The minimum absolute atomic E-state index is 0.0200. The first-order valence-corrected chi connectivity index (χ1v) is 8.55. The summed E-state index contributed by atoms with van der Waals surface area (Å²) in [6.45, 7) is 3.03. The smallest absolute Gasteiger partial charge is 0.246 e. The summed E-state index contributed by atoms with van der Waals surface area (Å²) in [4.78, 5) is 28.4. The van der Waals surface area contributed by atoms with E-state index in [1.54, 1.807) is 16.9 Å². The van der Waals surface area contributed by atoms with Gasteiger partial charge in [-0.2, -0.15) is 0 Å². The second kappa shape index (κ2) is 8.68. The van der Waals surface area contributed by atoms with E-state index in [-0.39, 0.29) is 30.8 Å². The molecular weight excluding hydrogens is 306 g/mol. The number of benzene rings is 1. The van der Waals surface area contributed by atoms with E-state index in [1.807, 2.05) is 24.3 Å². The van der Waals surface area contributed by atoms with Gasteiger partial charge >= 0.3 is 0 Å². The number of nitrogens with two attached hydrogens (primary N) is 1. The molecule has 1 aromatic rings.